The molecule has 0 atom stereocenters. The molecule has 50 heavy (non-hydrogen) atoms. The summed E-state index contributed by atoms with van der Waals surface area (Å²) in [4.78, 5) is 0. The molecule has 0 aromatic heterocycles. The zero-order chi connectivity index (χ0) is 33.6. The van der Waals surface area contributed by atoms with E-state index in [1.807, 2.05) is 0 Å². The summed E-state index contributed by atoms with van der Waals surface area (Å²) in [5, 5.41) is 0. The molecule has 0 aliphatic heterocycles. The Morgan fingerprint density at radius 2 is 1.20 bits per heavy atom. The summed E-state index contributed by atoms with van der Waals surface area (Å²) in [6.07, 6.45) is 8.69. The Kier molecular flexibility index (Phi) is 12.5. The molecule has 5 aromatic rings. The van der Waals surface area contributed by atoms with Gasteiger partial charge in [0, 0.05) is 0 Å². The molecule has 0 nitrogen and oxygen atoms in total. The number of aryl methyl sites for hydroxylation is 5. The SMILES string of the molecule is Cc1[c-]c2c(cc1C)-c1cc(C)c(C)cc1C2.Cc1cc(C2(C)C3CC4CC(C3)CC2C4)c[cH-]1.[Cl-].[Cl-].[Zr+2]=[C](c1ccccc1)c1ccccc1. The molecule has 0 unspecified atom stereocenters. The van der Waals surface area contributed by atoms with Crippen LogP contribution in [-0.2, 0) is 36.1 Å². The third kappa shape index (κ3) is 7.68. The summed E-state index contributed by atoms with van der Waals surface area (Å²) < 4.78 is 1.42. The van der Waals surface area contributed by atoms with Gasteiger partial charge < -0.3 is 24.8 Å². The van der Waals surface area contributed by atoms with E-state index in [1.165, 1.54) is 114 Å². The van der Waals surface area contributed by atoms with E-state index < -0.39 is 0 Å². The van der Waals surface area contributed by atoms with Gasteiger partial charge in [-0.2, -0.15) is 46.5 Å². The van der Waals surface area contributed by atoms with Gasteiger partial charge in [0.2, 0.25) is 0 Å². The fraction of sp³-hybridized carbons (Fsp3) is 0.362. The monoisotopic (exact) mass is 774 g/mol. The first kappa shape index (κ1) is 38.8. The third-order valence-electron chi connectivity index (χ3n) is 12.5. The van der Waals surface area contributed by atoms with Crippen molar-refractivity contribution in [2.45, 2.75) is 85.5 Å². The Morgan fingerprint density at radius 3 is 1.72 bits per heavy atom. The molecular formula is C47H50Cl2Zr-2. The molecule has 5 aliphatic carbocycles. The Balaban J connectivity index is 0.000000144. The molecule has 5 aliphatic rings. The van der Waals surface area contributed by atoms with Gasteiger partial charge in [-0.1, -0.05) is 50.8 Å². The van der Waals surface area contributed by atoms with E-state index >= 15 is 0 Å². The van der Waals surface area contributed by atoms with Crippen LogP contribution in [-0.4, -0.2) is 3.21 Å². The van der Waals surface area contributed by atoms with Crippen LogP contribution in [0.1, 0.15) is 94.7 Å². The van der Waals surface area contributed by atoms with Crippen LogP contribution in [0.5, 0.6) is 0 Å². The van der Waals surface area contributed by atoms with E-state index in [2.05, 4.69) is 145 Å². The van der Waals surface area contributed by atoms with Crippen molar-refractivity contribution in [3.8, 4) is 11.1 Å². The summed E-state index contributed by atoms with van der Waals surface area (Å²) in [7, 11) is 0. The number of benzene rings is 4. The van der Waals surface area contributed by atoms with Crippen molar-refractivity contribution in [1.29, 1.82) is 0 Å². The third-order valence-corrected chi connectivity index (χ3v) is 13.9. The molecule has 4 bridgehead atoms. The Bertz CT molecular complexity index is 1810. The average molecular weight is 777 g/mol. The molecular weight excluding hydrogens is 727 g/mol. The number of halogens is 2. The summed E-state index contributed by atoms with van der Waals surface area (Å²) in [5.41, 5.74) is 17.3. The van der Waals surface area contributed by atoms with E-state index in [0.717, 1.165) is 30.1 Å². The van der Waals surface area contributed by atoms with E-state index in [1.54, 1.807) is 12.0 Å². The number of fused-ring (bicyclic) bond motifs is 3. The fourth-order valence-corrected chi connectivity index (χ4v) is 10.4. The van der Waals surface area contributed by atoms with Crippen molar-refractivity contribution in [2.24, 2.45) is 23.7 Å². The van der Waals surface area contributed by atoms with Crippen molar-refractivity contribution in [2.75, 3.05) is 0 Å². The average Bonchev–Trinajstić information content (AvgIpc) is 3.67. The molecule has 4 fully saturated rings. The molecule has 10 rings (SSSR count). The normalized spacial score (nSPS) is 23.2. The van der Waals surface area contributed by atoms with E-state index in [0.29, 0.717) is 5.41 Å². The quantitative estimate of drug-likeness (QED) is 0.208. The van der Waals surface area contributed by atoms with Crippen molar-refractivity contribution < 1.29 is 49.0 Å². The molecule has 0 N–H and O–H groups in total. The van der Waals surface area contributed by atoms with Crippen molar-refractivity contribution in [3.63, 3.8) is 0 Å². The van der Waals surface area contributed by atoms with Crippen LogP contribution in [0.15, 0.2) is 97.1 Å². The van der Waals surface area contributed by atoms with Crippen LogP contribution in [0.2, 0.25) is 0 Å². The Morgan fingerprint density at radius 1 is 0.680 bits per heavy atom. The molecule has 0 saturated heterocycles. The Hall–Kier alpha value is -2.44. The van der Waals surface area contributed by atoms with Crippen LogP contribution in [0, 0.1) is 64.4 Å². The summed E-state index contributed by atoms with van der Waals surface area (Å²) in [5.74, 6) is 4.14. The van der Waals surface area contributed by atoms with E-state index in [9.17, 15) is 0 Å². The standard InChI is InChI=1S/C17H23.C17H17.C13H10.2ClH.Zr/c1-11-3-4-14(5-11)17(2)15-7-12-6-13(9-15)10-16(17)8-12;1-10-5-14-9-15-6-11(2)13(4)8-17(15)16(14)7-12(10)3;1-3-7-12(8-4-1)11-13-9-5-2-6-10-13;;;/h3-5,12-13,15-16H,6-10H2,1-2H3;5,7-8H,9H2,1-4H3;1-10H;2*1H;/q2*-1;;;;+2/p-2. The van der Waals surface area contributed by atoms with Crippen molar-refractivity contribution in [3.05, 3.63) is 159 Å². The number of hydrogen-bond donors (Lipinski definition) is 0. The van der Waals surface area contributed by atoms with Crippen molar-refractivity contribution in [1.82, 2.24) is 0 Å². The van der Waals surface area contributed by atoms with Gasteiger partial charge in [0.05, 0.1) is 0 Å². The second kappa shape index (κ2) is 16.1. The second-order valence-corrected chi connectivity index (χ2v) is 16.8. The maximum absolute atomic E-state index is 3.54. The molecule has 4 saturated carbocycles. The number of rotatable bonds is 3. The van der Waals surface area contributed by atoms with Gasteiger partial charge in [-0.05, 0) is 92.7 Å². The maximum atomic E-state index is 3.54. The Labute approximate surface area is 329 Å². The molecule has 0 heterocycles. The first-order valence-corrected chi connectivity index (χ1v) is 19.4. The van der Waals surface area contributed by atoms with Crippen LogP contribution in [0.25, 0.3) is 11.1 Å². The van der Waals surface area contributed by atoms with Gasteiger partial charge in [-0.25, -0.2) is 6.07 Å². The second-order valence-electron chi connectivity index (χ2n) is 15.6. The van der Waals surface area contributed by atoms with Crippen LogP contribution < -0.4 is 24.8 Å². The van der Waals surface area contributed by atoms with Gasteiger partial charge in [0.1, 0.15) is 0 Å². The first-order valence-electron chi connectivity index (χ1n) is 18.2. The van der Waals surface area contributed by atoms with Crippen LogP contribution in [0.4, 0.5) is 0 Å². The first-order chi connectivity index (χ1) is 23.1. The zero-order valence-corrected chi connectivity index (χ0v) is 34.5. The van der Waals surface area contributed by atoms with Gasteiger partial charge in [0.15, 0.2) is 0 Å². The van der Waals surface area contributed by atoms with Gasteiger partial charge in [0.25, 0.3) is 0 Å². The molecule has 0 spiro atoms. The number of hydrogen-bond acceptors (Lipinski definition) is 0. The molecule has 0 amide bonds. The minimum absolute atomic E-state index is 0. The molecule has 258 valence electrons. The van der Waals surface area contributed by atoms with E-state index in [4.69, 9.17) is 0 Å². The minimum atomic E-state index is 0. The molecule has 3 heteroatoms. The molecule has 5 aromatic carbocycles. The topological polar surface area (TPSA) is 0 Å². The fourth-order valence-electron chi connectivity index (χ4n) is 9.56. The summed E-state index contributed by atoms with van der Waals surface area (Å²) >= 11 is 1.46. The van der Waals surface area contributed by atoms with Gasteiger partial charge in [-0.3, -0.25) is 0 Å². The van der Waals surface area contributed by atoms with Crippen LogP contribution >= 0.6 is 0 Å². The zero-order valence-electron chi connectivity index (χ0n) is 30.5. The summed E-state index contributed by atoms with van der Waals surface area (Å²) in [6.45, 7) is 13.5. The summed E-state index contributed by atoms with van der Waals surface area (Å²) in [6, 6.07) is 38.8. The van der Waals surface area contributed by atoms with Crippen LogP contribution in [0.3, 0.4) is 0 Å². The van der Waals surface area contributed by atoms with E-state index in [-0.39, 0.29) is 24.8 Å². The predicted molar refractivity (Wildman–Crippen MR) is 200 cm³/mol. The predicted octanol–water partition coefficient (Wildman–Crippen LogP) is 5.53. The van der Waals surface area contributed by atoms with Crippen molar-refractivity contribution >= 4 is 3.21 Å². The molecule has 0 radical (unpaired) electrons. The van der Waals surface area contributed by atoms with Gasteiger partial charge >= 0.3 is 99.2 Å². The van der Waals surface area contributed by atoms with Gasteiger partial charge in [-0.15, -0.1) is 11.1 Å².